The number of carbonyl (C=O) groups excluding carboxylic acids is 1. The molecule has 2 unspecified atom stereocenters. The van der Waals surface area contributed by atoms with E-state index in [2.05, 4.69) is 4.90 Å². The second-order valence-corrected chi connectivity index (χ2v) is 5.28. The van der Waals surface area contributed by atoms with Crippen LogP contribution in [0.15, 0.2) is 0 Å². The fourth-order valence-corrected chi connectivity index (χ4v) is 1.94. The van der Waals surface area contributed by atoms with Crippen LogP contribution in [0.2, 0.25) is 0 Å². The molecule has 1 saturated heterocycles. The van der Waals surface area contributed by atoms with Crippen molar-refractivity contribution in [3.05, 3.63) is 0 Å². The second kappa shape index (κ2) is 6.33. The van der Waals surface area contributed by atoms with Crippen molar-refractivity contribution in [3.63, 3.8) is 0 Å². The highest BCUT2D eigenvalue weighted by atomic mass is 16.5. The second-order valence-electron chi connectivity index (χ2n) is 5.28. The molecule has 0 bridgehead atoms. The van der Waals surface area contributed by atoms with Gasteiger partial charge in [0.15, 0.2) is 0 Å². The van der Waals surface area contributed by atoms with Gasteiger partial charge in [0.25, 0.3) is 0 Å². The number of rotatable bonds is 6. The lowest BCUT2D eigenvalue weighted by molar-refractivity contribution is -0.122. The smallest absolute Gasteiger partial charge is 0.237 e. The molecule has 17 heavy (non-hydrogen) atoms. The lowest BCUT2D eigenvalue weighted by atomic mass is 9.98. The molecule has 1 fully saturated rings. The molecule has 0 radical (unpaired) electrons. The highest BCUT2D eigenvalue weighted by Crippen LogP contribution is 2.14. The van der Waals surface area contributed by atoms with Gasteiger partial charge in [-0.1, -0.05) is 0 Å². The van der Waals surface area contributed by atoms with Crippen molar-refractivity contribution < 1.29 is 9.53 Å². The summed E-state index contributed by atoms with van der Waals surface area (Å²) in [5.74, 6) is -0.445. The lowest BCUT2D eigenvalue weighted by Crippen LogP contribution is -2.51. The Morgan fingerprint density at radius 1 is 1.53 bits per heavy atom. The van der Waals surface area contributed by atoms with E-state index >= 15 is 0 Å². The molecule has 1 rings (SSSR count). The number of ether oxygens (including phenoxy) is 1. The Morgan fingerprint density at radius 2 is 2.24 bits per heavy atom. The molecule has 0 aliphatic carbocycles. The summed E-state index contributed by atoms with van der Waals surface area (Å²) in [6.07, 6.45) is 4.44. The summed E-state index contributed by atoms with van der Waals surface area (Å²) in [6.45, 7) is 4.21. The van der Waals surface area contributed by atoms with Gasteiger partial charge in [-0.3, -0.25) is 4.79 Å². The van der Waals surface area contributed by atoms with Crippen LogP contribution in [0.1, 0.15) is 32.6 Å². The van der Waals surface area contributed by atoms with Crippen molar-refractivity contribution in [1.82, 2.24) is 4.90 Å². The number of nitrogens with zero attached hydrogens (tertiary/aromatic N) is 1. The van der Waals surface area contributed by atoms with E-state index in [1.807, 2.05) is 7.05 Å². The Balaban J connectivity index is 2.24. The molecule has 0 spiro atoms. The summed E-state index contributed by atoms with van der Waals surface area (Å²) in [5, 5.41) is 0. The van der Waals surface area contributed by atoms with Gasteiger partial charge in [-0.15, -0.1) is 0 Å². The summed E-state index contributed by atoms with van der Waals surface area (Å²) < 4.78 is 5.66. The first kappa shape index (κ1) is 14.4. The molecule has 2 atom stereocenters. The highest BCUT2D eigenvalue weighted by Gasteiger charge is 2.26. The largest absolute Gasteiger partial charge is 0.377 e. The third-order valence-electron chi connectivity index (χ3n) is 3.37. The molecule has 100 valence electrons. The van der Waals surface area contributed by atoms with Crippen molar-refractivity contribution in [2.75, 3.05) is 26.7 Å². The third-order valence-corrected chi connectivity index (χ3v) is 3.37. The molecule has 0 aromatic heterocycles. The average Bonchev–Trinajstić information content (AvgIpc) is 2.28. The summed E-state index contributed by atoms with van der Waals surface area (Å²) in [4.78, 5) is 13.2. The maximum Gasteiger partial charge on any atom is 0.237 e. The van der Waals surface area contributed by atoms with Crippen LogP contribution in [0.5, 0.6) is 0 Å². The molecule has 1 aliphatic rings. The molecule has 0 saturated carbocycles. The molecule has 1 aliphatic heterocycles. The maximum atomic E-state index is 11.1. The van der Waals surface area contributed by atoms with Gasteiger partial charge in [-0.05, 0) is 39.7 Å². The fourth-order valence-electron chi connectivity index (χ4n) is 1.94. The molecule has 1 amide bonds. The van der Waals surface area contributed by atoms with Gasteiger partial charge in [0.05, 0.1) is 11.6 Å². The predicted molar refractivity (Wildman–Crippen MR) is 67.5 cm³/mol. The fraction of sp³-hybridized carbons (Fsp3) is 0.917. The highest BCUT2D eigenvalue weighted by molar-refractivity contribution is 5.83. The molecule has 1 heterocycles. The number of amides is 1. The Labute approximate surface area is 103 Å². The molecule has 5 nitrogen and oxygen atoms in total. The Morgan fingerprint density at radius 3 is 2.76 bits per heavy atom. The van der Waals surface area contributed by atoms with E-state index in [0.717, 1.165) is 26.1 Å². The van der Waals surface area contributed by atoms with Crippen LogP contribution in [0, 0.1) is 0 Å². The number of hydrogen-bond acceptors (Lipinski definition) is 4. The molecular weight excluding hydrogens is 218 g/mol. The Kier molecular flexibility index (Phi) is 5.36. The minimum Gasteiger partial charge on any atom is -0.377 e. The maximum absolute atomic E-state index is 11.1. The summed E-state index contributed by atoms with van der Waals surface area (Å²) in [6, 6.07) is 0. The van der Waals surface area contributed by atoms with E-state index in [0.29, 0.717) is 12.5 Å². The zero-order valence-electron chi connectivity index (χ0n) is 10.9. The monoisotopic (exact) mass is 243 g/mol. The van der Waals surface area contributed by atoms with E-state index in [9.17, 15) is 4.79 Å². The Hall–Kier alpha value is -0.650. The summed E-state index contributed by atoms with van der Waals surface area (Å²) in [5.41, 5.74) is 10.1. The minimum atomic E-state index is -0.915. The molecular formula is C12H25N3O2. The van der Waals surface area contributed by atoms with Crippen LogP contribution in [0.3, 0.4) is 0 Å². The standard InChI is InChI=1S/C12H25N3O2/c1-12(14,11(13)16)6-7-15(2)9-10-5-3-4-8-17-10/h10H,3-9,14H2,1-2H3,(H2,13,16). The average molecular weight is 243 g/mol. The quantitative estimate of drug-likeness (QED) is 0.692. The molecule has 4 N–H and O–H groups in total. The number of carbonyl (C=O) groups is 1. The lowest BCUT2D eigenvalue weighted by Gasteiger charge is -2.29. The van der Waals surface area contributed by atoms with Crippen LogP contribution in [0.4, 0.5) is 0 Å². The summed E-state index contributed by atoms with van der Waals surface area (Å²) in [7, 11) is 2.02. The van der Waals surface area contributed by atoms with Crippen LogP contribution < -0.4 is 11.5 Å². The molecule has 0 aromatic rings. The zero-order chi connectivity index (χ0) is 12.9. The predicted octanol–water partition coefficient (Wildman–Crippen LogP) is 0.0801. The van der Waals surface area contributed by atoms with Crippen molar-refractivity contribution in [3.8, 4) is 0 Å². The zero-order valence-corrected chi connectivity index (χ0v) is 10.9. The normalized spacial score (nSPS) is 24.6. The van der Waals surface area contributed by atoms with Gasteiger partial charge < -0.3 is 21.1 Å². The number of nitrogens with two attached hydrogens (primary N) is 2. The number of likely N-dealkylation sites (N-methyl/N-ethyl adjacent to an activating group) is 1. The molecule has 0 aromatic carbocycles. The van der Waals surface area contributed by atoms with Gasteiger partial charge in [0.1, 0.15) is 0 Å². The van der Waals surface area contributed by atoms with Gasteiger partial charge in [-0.25, -0.2) is 0 Å². The first-order valence-corrected chi connectivity index (χ1v) is 6.31. The van der Waals surface area contributed by atoms with Crippen LogP contribution in [-0.2, 0) is 9.53 Å². The SMILES string of the molecule is CN(CCC(C)(N)C(N)=O)CC1CCCCO1. The van der Waals surface area contributed by atoms with Gasteiger partial charge in [0.2, 0.25) is 5.91 Å². The number of hydrogen-bond donors (Lipinski definition) is 2. The van der Waals surface area contributed by atoms with Gasteiger partial charge in [0, 0.05) is 19.7 Å². The van der Waals surface area contributed by atoms with E-state index < -0.39 is 11.4 Å². The van der Waals surface area contributed by atoms with Gasteiger partial charge in [-0.2, -0.15) is 0 Å². The van der Waals surface area contributed by atoms with E-state index in [1.165, 1.54) is 12.8 Å². The minimum absolute atomic E-state index is 0.325. The molecule has 5 heteroatoms. The van der Waals surface area contributed by atoms with Crippen molar-refractivity contribution >= 4 is 5.91 Å². The summed E-state index contributed by atoms with van der Waals surface area (Å²) >= 11 is 0. The third kappa shape index (κ3) is 5.02. The van der Waals surface area contributed by atoms with Crippen molar-refractivity contribution in [1.29, 1.82) is 0 Å². The van der Waals surface area contributed by atoms with Crippen LogP contribution in [0.25, 0.3) is 0 Å². The van der Waals surface area contributed by atoms with E-state index in [1.54, 1.807) is 6.92 Å². The first-order chi connectivity index (χ1) is 7.92. The number of primary amides is 1. The van der Waals surface area contributed by atoms with Gasteiger partial charge >= 0.3 is 0 Å². The van der Waals surface area contributed by atoms with Crippen LogP contribution >= 0.6 is 0 Å². The first-order valence-electron chi connectivity index (χ1n) is 6.31. The van der Waals surface area contributed by atoms with Crippen molar-refractivity contribution in [2.45, 2.75) is 44.2 Å². The Bertz CT molecular complexity index is 250. The van der Waals surface area contributed by atoms with Crippen LogP contribution in [-0.4, -0.2) is 49.2 Å². The topological polar surface area (TPSA) is 81.6 Å². The van der Waals surface area contributed by atoms with Crippen molar-refractivity contribution in [2.24, 2.45) is 11.5 Å². The van der Waals surface area contributed by atoms with E-state index in [-0.39, 0.29) is 0 Å². The van der Waals surface area contributed by atoms with E-state index in [4.69, 9.17) is 16.2 Å².